The van der Waals surface area contributed by atoms with E-state index in [1.807, 2.05) is 13.0 Å². The second-order valence-corrected chi connectivity index (χ2v) is 4.75. The summed E-state index contributed by atoms with van der Waals surface area (Å²) in [5, 5.41) is 3.54. The average Bonchev–Trinajstić information content (AvgIpc) is 2.94. The molecule has 17 heavy (non-hydrogen) atoms. The van der Waals surface area contributed by atoms with Gasteiger partial charge in [0.2, 0.25) is 0 Å². The van der Waals surface area contributed by atoms with Gasteiger partial charge in [0.05, 0.1) is 12.1 Å². The maximum Gasteiger partial charge on any atom is 0.121 e. The standard InChI is InChI=1S/C14H23NO2/c1-4-12-11(8-9-16-12)14(15-5-2)13-7-6-10(3)17-13/h6-7,11-12,14-15H,4-5,8-9H2,1-3H3. The largest absolute Gasteiger partial charge is 0.465 e. The van der Waals surface area contributed by atoms with Gasteiger partial charge >= 0.3 is 0 Å². The minimum atomic E-state index is 0.293. The van der Waals surface area contributed by atoms with Crippen molar-refractivity contribution in [1.82, 2.24) is 5.32 Å². The van der Waals surface area contributed by atoms with Crippen LogP contribution in [0, 0.1) is 12.8 Å². The van der Waals surface area contributed by atoms with Gasteiger partial charge in [0.1, 0.15) is 11.5 Å². The van der Waals surface area contributed by atoms with Gasteiger partial charge < -0.3 is 14.5 Å². The summed E-state index contributed by atoms with van der Waals surface area (Å²) in [5.41, 5.74) is 0. The SMILES string of the molecule is CCNC(c1ccc(C)o1)C1CCOC1CC. The van der Waals surface area contributed by atoms with Crippen molar-refractivity contribution in [3.8, 4) is 0 Å². The first-order chi connectivity index (χ1) is 8.26. The van der Waals surface area contributed by atoms with Gasteiger partial charge in [0.15, 0.2) is 0 Å². The summed E-state index contributed by atoms with van der Waals surface area (Å²) in [6.45, 7) is 8.16. The van der Waals surface area contributed by atoms with Crippen LogP contribution in [-0.4, -0.2) is 19.3 Å². The van der Waals surface area contributed by atoms with E-state index in [0.29, 0.717) is 18.1 Å². The fraction of sp³-hybridized carbons (Fsp3) is 0.714. The lowest BCUT2D eigenvalue weighted by molar-refractivity contribution is 0.0748. The highest BCUT2D eigenvalue weighted by molar-refractivity contribution is 5.12. The number of aryl methyl sites for hydroxylation is 1. The molecule has 0 aromatic carbocycles. The van der Waals surface area contributed by atoms with Gasteiger partial charge in [-0.2, -0.15) is 0 Å². The zero-order chi connectivity index (χ0) is 12.3. The molecule has 0 saturated carbocycles. The van der Waals surface area contributed by atoms with Crippen LogP contribution in [0.4, 0.5) is 0 Å². The fourth-order valence-electron chi connectivity index (χ4n) is 2.77. The zero-order valence-corrected chi connectivity index (χ0v) is 11.0. The molecule has 3 unspecified atom stereocenters. The summed E-state index contributed by atoms with van der Waals surface area (Å²) < 4.78 is 11.6. The fourth-order valence-corrected chi connectivity index (χ4v) is 2.77. The molecule has 1 N–H and O–H groups in total. The predicted molar refractivity (Wildman–Crippen MR) is 68.0 cm³/mol. The third kappa shape index (κ3) is 2.72. The van der Waals surface area contributed by atoms with Crippen molar-refractivity contribution in [2.75, 3.05) is 13.2 Å². The lowest BCUT2D eigenvalue weighted by atomic mass is 9.89. The minimum absolute atomic E-state index is 0.293. The van der Waals surface area contributed by atoms with Crippen LogP contribution in [0.25, 0.3) is 0 Å². The summed E-state index contributed by atoms with van der Waals surface area (Å²) in [7, 11) is 0. The molecule has 2 rings (SSSR count). The molecule has 1 aliphatic rings. The number of rotatable bonds is 5. The molecule has 1 aromatic rings. The van der Waals surface area contributed by atoms with Crippen molar-refractivity contribution in [3.05, 3.63) is 23.7 Å². The van der Waals surface area contributed by atoms with E-state index in [2.05, 4.69) is 25.2 Å². The zero-order valence-electron chi connectivity index (χ0n) is 11.0. The molecule has 2 heterocycles. The molecule has 96 valence electrons. The average molecular weight is 237 g/mol. The van der Waals surface area contributed by atoms with Crippen LogP contribution in [0.5, 0.6) is 0 Å². The van der Waals surface area contributed by atoms with Crippen LogP contribution in [0.2, 0.25) is 0 Å². The van der Waals surface area contributed by atoms with Gasteiger partial charge in [0.25, 0.3) is 0 Å². The Labute approximate surface area is 104 Å². The highest BCUT2D eigenvalue weighted by Gasteiger charge is 2.35. The molecule has 3 heteroatoms. The first kappa shape index (κ1) is 12.7. The molecular formula is C14H23NO2. The van der Waals surface area contributed by atoms with Crippen molar-refractivity contribution >= 4 is 0 Å². The van der Waals surface area contributed by atoms with Crippen LogP contribution < -0.4 is 5.32 Å². The number of nitrogens with one attached hydrogen (secondary N) is 1. The van der Waals surface area contributed by atoms with E-state index in [0.717, 1.165) is 37.5 Å². The van der Waals surface area contributed by atoms with Gasteiger partial charge in [-0.3, -0.25) is 0 Å². The van der Waals surface area contributed by atoms with Crippen LogP contribution in [0.3, 0.4) is 0 Å². The first-order valence-corrected chi connectivity index (χ1v) is 6.67. The van der Waals surface area contributed by atoms with E-state index in [1.54, 1.807) is 0 Å². The topological polar surface area (TPSA) is 34.4 Å². The summed E-state index contributed by atoms with van der Waals surface area (Å²) in [6.07, 6.45) is 2.56. The Morgan fingerprint density at radius 3 is 2.82 bits per heavy atom. The Morgan fingerprint density at radius 1 is 1.41 bits per heavy atom. The van der Waals surface area contributed by atoms with Crippen molar-refractivity contribution in [1.29, 1.82) is 0 Å². The molecule has 0 aliphatic carbocycles. The number of furan rings is 1. The summed E-state index contributed by atoms with van der Waals surface area (Å²) in [4.78, 5) is 0. The number of hydrogen-bond donors (Lipinski definition) is 1. The highest BCUT2D eigenvalue weighted by atomic mass is 16.5. The van der Waals surface area contributed by atoms with E-state index < -0.39 is 0 Å². The third-order valence-electron chi connectivity index (χ3n) is 3.58. The van der Waals surface area contributed by atoms with Crippen molar-refractivity contribution in [3.63, 3.8) is 0 Å². The molecular weight excluding hydrogens is 214 g/mol. The quantitative estimate of drug-likeness (QED) is 0.854. The molecule has 1 fully saturated rings. The Hall–Kier alpha value is -0.800. The smallest absolute Gasteiger partial charge is 0.121 e. The maximum absolute atomic E-state index is 5.79. The summed E-state index contributed by atoms with van der Waals surface area (Å²) >= 11 is 0. The number of hydrogen-bond acceptors (Lipinski definition) is 3. The molecule has 1 aromatic heterocycles. The number of ether oxygens (including phenoxy) is 1. The normalized spacial score (nSPS) is 26.3. The Balaban J connectivity index is 2.16. The first-order valence-electron chi connectivity index (χ1n) is 6.67. The molecule has 0 amide bonds. The monoisotopic (exact) mass is 237 g/mol. The lowest BCUT2D eigenvalue weighted by Crippen LogP contribution is -2.32. The molecule has 1 saturated heterocycles. The van der Waals surface area contributed by atoms with Gasteiger partial charge in [-0.15, -0.1) is 0 Å². The van der Waals surface area contributed by atoms with Gasteiger partial charge in [-0.25, -0.2) is 0 Å². The van der Waals surface area contributed by atoms with E-state index in [9.17, 15) is 0 Å². The maximum atomic E-state index is 5.79. The van der Waals surface area contributed by atoms with E-state index in [-0.39, 0.29) is 0 Å². The molecule has 1 aliphatic heterocycles. The van der Waals surface area contributed by atoms with Gasteiger partial charge in [-0.1, -0.05) is 13.8 Å². The van der Waals surface area contributed by atoms with Gasteiger partial charge in [0, 0.05) is 12.5 Å². The molecule has 3 atom stereocenters. The molecule has 3 nitrogen and oxygen atoms in total. The van der Waals surface area contributed by atoms with Crippen molar-refractivity contribution in [2.45, 2.75) is 45.8 Å². The minimum Gasteiger partial charge on any atom is -0.465 e. The van der Waals surface area contributed by atoms with Crippen molar-refractivity contribution in [2.24, 2.45) is 5.92 Å². The van der Waals surface area contributed by atoms with E-state index >= 15 is 0 Å². The second kappa shape index (κ2) is 5.69. The lowest BCUT2D eigenvalue weighted by Gasteiger charge is -2.26. The Kier molecular flexibility index (Phi) is 4.24. The highest BCUT2D eigenvalue weighted by Crippen LogP contribution is 2.35. The molecule has 0 bridgehead atoms. The van der Waals surface area contributed by atoms with Crippen LogP contribution in [0.15, 0.2) is 16.5 Å². The van der Waals surface area contributed by atoms with E-state index in [4.69, 9.17) is 9.15 Å². The van der Waals surface area contributed by atoms with Crippen LogP contribution in [0.1, 0.15) is 44.3 Å². The second-order valence-electron chi connectivity index (χ2n) is 4.75. The summed E-state index contributed by atoms with van der Waals surface area (Å²) in [6, 6.07) is 4.42. The Bertz CT molecular complexity index is 348. The molecule has 0 radical (unpaired) electrons. The predicted octanol–water partition coefficient (Wildman–Crippen LogP) is 3.05. The Morgan fingerprint density at radius 2 is 2.24 bits per heavy atom. The van der Waals surface area contributed by atoms with Crippen LogP contribution in [-0.2, 0) is 4.74 Å². The molecule has 0 spiro atoms. The summed E-state index contributed by atoms with van der Waals surface area (Å²) in [5.74, 6) is 2.57. The van der Waals surface area contributed by atoms with E-state index in [1.165, 1.54) is 0 Å². The van der Waals surface area contributed by atoms with Gasteiger partial charge in [-0.05, 0) is 38.4 Å². The van der Waals surface area contributed by atoms with Crippen molar-refractivity contribution < 1.29 is 9.15 Å². The van der Waals surface area contributed by atoms with Crippen LogP contribution >= 0.6 is 0 Å². The third-order valence-corrected chi connectivity index (χ3v) is 3.58.